The van der Waals surface area contributed by atoms with Crippen molar-refractivity contribution in [3.8, 4) is 11.5 Å². The summed E-state index contributed by atoms with van der Waals surface area (Å²) in [6.07, 6.45) is 1.81. The van der Waals surface area contributed by atoms with Gasteiger partial charge in [0.1, 0.15) is 0 Å². The SMILES string of the molecule is CCOc1ccc(C(C)NC(=O)C2(c3ccccc3)CC2)cc1OCC. The van der Waals surface area contributed by atoms with Gasteiger partial charge in [0, 0.05) is 0 Å². The van der Waals surface area contributed by atoms with E-state index in [-0.39, 0.29) is 17.4 Å². The molecule has 1 atom stereocenters. The van der Waals surface area contributed by atoms with Crippen LogP contribution in [0.25, 0.3) is 0 Å². The van der Waals surface area contributed by atoms with Crippen LogP contribution in [0.4, 0.5) is 0 Å². The Hall–Kier alpha value is -2.49. The molecule has 0 aliphatic heterocycles. The second-order valence-electron chi connectivity index (χ2n) is 6.72. The third kappa shape index (κ3) is 3.69. The van der Waals surface area contributed by atoms with Crippen LogP contribution >= 0.6 is 0 Å². The van der Waals surface area contributed by atoms with Crippen LogP contribution in [0.2, 0.25) is 0 Å². The number of carbonyl (C=O) groups excluding carboxylic acids is 1. The maximum atomic E-state index is 12.9. The van der Waals surface area contributed by atoms with Gasteiger partial charge in [-0.1, -0.05) is 36.4 Å². The lowest BCUT2D eigenvalue weighted by Gasteiger charge is -2.21. The molecule has 0 saturated heterocycles. The molecule has 1 aliphatic rings. The van der Waals surface area contributed by atoms with E-state index >= 15 is 0 Å². The van der Waals surface area contributed by atoms with Crippen LogP contribution < -0.4 is 14.8 Å². The van der Waals surface area contributed by atoms with Crippen molar-refractivity contribution >= 4 is 5.91 Å². The third-order valence-electron chi connectivity index (χ3n) is 4.93. The summed E-state index contributed by atoms with van der Waals surface area (Å²) in [5, 5.41) is 3.18. The first-order chi connectivity index (χ1) is 12.6. The summed E-state index contributed by atoms with van der Waals surface area (Å²) in [4.78, 5) is 12.9. The van der Waals surface area contributed by atoms with E-state index in [1.807, 2.05) is 69.3 Å². The van der Waals surface area contributed by atoms with Crippen LogP contribution in [-0.2, 0) is 10.2 Å². The lowest BCUT2D eigenvalue weighted by Crippen LogP contribution is -2.36. The Balaban J connectivity index is 1.74. The van der Waals surface area contributed by atoms with Gasteiger partial charge >= 0.3 is 0 Å². The number of amides is 1. The van der Waals surface area contributed by atoms with Gasteiger partial charge in [-0.25, -0.2) is 0 Å². The predicted molar refractivity (Wildman–Crippen MR) is 103 cm³/mol. The fourth-order valence-electron chi connectivity index (χ4n) is 3.28. The highest BCUT2D eigenvalue weighted by atomic mass is 16.5. The highest BCUT2D eigenvalue weighted by molar-refractivity contribution is 5.91. The topological polar surface area (TPSA) is 47.6 Å². The molecular weight excluding hydrogens is 326 g/mol. The minimum atomic E-state index is -0.358. The minimum Gasteiger partial charge on any atom is -0.490 e. The molecule has 0 aromatic heterocycles. The van der Waals surface area contributed by atoms with Crippen molar-refractivity contribution in [1.82, 2.24) is 5.32 Å². The smallest absolute Gasteiger partial charge is 0.231 e. The van der Waals surface area contributed by atoms with Crippen molar-refractivity contribution in [2.45, 2.75) is 45.1 Å². The number of ether oxygens (including phenoxy) is 2. The summed E-state index contributed by atoms with van der Waals surface area (Å²) in [5.41, 5.74) is 1.75. The molecule has 138 valence electrons. The number of carbonyl (C=O) groups is 1. The molecular formula is C22H27NO3. The summed E-state index contributed by atoms with van der Waals surface area (Å²) in [6.45, 7) is 7.06. The molecule has 0 spiro atoms. The van der Waals surface area contributed by atoms with Crippen LogP contribution in [-0.4, -0.2) is 19.1 Å². The zero-order valence-electron chi connectivity index (χ0n) is 15.7. The Morgan fingerprint density at radius 2 is 1.69 bits per heavy atom. The standard InChI is InChI=1S/C22H27NO3/c1-4-25-19-12-11-17(15-20(19)26-5-2)16(3)23-21(24)22(13-14-22)18-9-7-6-8-10-18/h6-12,15-16H,4-5,13-14H2,1-3H3,(H,23,24). The van der Waals surface area contributed by atoms with E-state index in [0.717, 1.165) is 35.5 Å². The zero-order chi connectivity index (χ0) is 18.6. The maximum Gasteiger partial charge on any atom is 0.231 e. The Morgan fingerprint density at radius 3 is 2.31 bits per heavy atom. The molecule has 1 fully saturated rings. The number of rotatable bonds is 8. The molecule has 1 amide bonds. The van der Waals surface area contributed by atoms with Gasteiger partial charge in [0.15, 0.2) is 11.5 Å². The number of benzene rings is 2. The van der Waals surface area contributed by atoms with Gasteiger partial charge in [-0.3, -0.25) is 4.79 Å². The van der Waals surface area contributed by atoms with Crippen molar-refractivity contribution in [2.24, 2.45) is 0 Å². The van der Waals surface area contributed by atoms with Crippen molar-refractivity contribution in [2.75, 3.05) is 13.2 Å². The summed E-state index contributed by atoms with van der Waals surface area (Å²) >= 11 is 0. The lowest BCUT2D eigenvalue weighted by atomic mass is 9.94. The van der Waals surface area contributed by atoms with E-state index in [2.05, 4.69) is 5.32 Å². The molecule has 4 heteroatoms. The predicted octanol–water partition coefficient (Wildman–Crippen LogP) is 4.39. The van der Waals surface area contributed by atoms with E-state index in [1.54, 1.807) is 0 Å². The quantitative estimate of drug-likeness (QED) is 0.765. The average Bonchev–Trinajstić information content (AvgIpc) is 3.46. The summed E-state index contributed by atoms with van der Waals surface area (Å²) in [6, 6.07) is 15.8. The third-order valence-corrected chi connectivity index (χ3v) is 4.93. The van der Waals surface area contributed by atoms with Crippen molar-refractivity contribution in [3.63, 3.8) is 0 Å². The molecule has 1 N–H and O–H groups in total. The Morgan fingerprint density at radius 1 is 1.04 bits per heavy atom. The maximum absolute atomic E-state index is 12.9. The molecule has 1 aliphatic carbocycles. The molecule has 3 rings (SSSR count). The van der Waals surface area contributed by atoms with Crippen LogP contribution in [0.1, 0.15) is 50.8 Å². The van der Waals surface area contributed by atoms with Gasteiger partial charge in [-0.15, -0.1) is 0 Å². The highest BCUT2D eigenvalue weighted by Crippen LogP contribution is 2.48. The second-order valence-corrected chi connectivity index (χ2v) is 6.72. The van der Waals surface area contributed by atoms with E-state index in [1.165, 1.54) is 0 Å². The lowest BCUT2D eigenvalue weighted by molar-refractivity contribution is -0.124. The fraction of sp³-hybridized carbons (Fsp3) is 0.409. The molecule has 0 radical (unpaired) electrons. The molecule has 2 aromatic carbocycles. The van der Waals surface area contributed by atoms with Crippen molar-refractivity contribution in [3.05, 3.63) is 59.7 Å². The van der Waals surface area contributed by atoms with Gasteiger partial charge < -0.3 is 14.8 Å². The highest BCUT2D eigenvalue weighted by Gasteiger charge is 2.51. The average molecular weight is 353 g/mol. The fourth-order valence-corrected chi connectivity index (χ4v) is 3.28. The molecule has 0 heterocycles. The van der Waals surface area contributed by atoms with Gasteiger partial charge in [-0.05, 0) is 56.9 Å². The van der Waals surface area contributed by atoms with Crippen LogP contribution in [0.15, 0.2) is 48.5 Å². The molecule has 4 nitrogen and oxygen atoms in total. The first-order valence-corrected chi connectivity index (χ1v) is 9.36. The first-order valence-electron chi connectivity index (χ1n) is 9.36. The van der Waals surface area contributed by atoms with Gasteiger partial charge in [0.2, 0.25) is 5.91 Å². The van der Waals surface area contributed by atoms with Crippen LogP contribution in [0, 0.1) is 0 Å². The van der Waals surface area contributed by atoms with Gasteiger partial charge in [0.25, 0.3) is 0 Å². The molecule has 26 heavy (non-hydrogen) atoms. The van der Waals surface area contributed by atoms with E-state index in [9.17, 15) is 4.79 Å². The first kappa shape index (κ1) is 18.3. The Labute approximate surface area is 155 Å². The Kier molecular flexibility index (Phi) is 5.50. The number of hydrogen-bond donors (Lipinski definition) is 1. The van der Waals surface area contributed by atoms with Gasteiger partial charge in [-0.2, -0.15) is 0 Å². The van der Waals surface area contributed by atoms with E-state index < -0.39 is 0 Å². The largest absolute Gasteiger partial charge is 0.490 e. The number of nitrogens with one attached hydrogen (secondary N) is 1. The van der Waals surface area contributed by atoms with Crippen molar-refractivity contribution < 1.29 is 14.3 Å². The van der Waals surface area contributed by atoms with E-state index in [0.29, 0.717) is 13.2 Å². The normalized spacial score (nSPS) is 15.8. The van der Waals surface area contributed by atoms with Crippen molar-refractivity contribution in [1.29, 1.82) is 0 Å². The monoisotopic (exact) mass is 353 g/mol. The van der Waals surface area contributed by atoms with Gasteiger partial charge in [0.05, 0.1) is 24.7 Å². The second kappa shape index (κ2) is 7.81. The molecule has 2 aromatic rings. The summed E-state index contributed by atoms with van der Waals surface area (Å²) in [5.74, 6) is 1.56. The summed E-state index contributed by atoms with van der Waals surface area (Å²) in [7, 11) is 0. The minimum absolute atomic E-state index is 0.0985. The van der Waals surface area contributed by atoms with Crippen LogP contribution in [0.5, 0.6) is 11.5 Å². The molecule has 0 bridgehead atoms. The van der Waals surface area contributed by atoms with E-state index in [4.69, 9.17) is 9.47 Å². The zero-order valence-corrected chi connectivity index (χ0v) is 15.7. The molecule has 1 unspecified atom stereocenters. The summed E-state index contributed by atoms with van der Waals surface area (Å²) < 4.78 is 11.3. The van der Waals surface area contributed by atoms with Crippen LogP contribution in [0.3, 0.4) is 0 Å². The Bertz CT molecular complexity index is 753. The molecule has 1 saturated carbocycles. The number of hydrogen-bond acceptors (Lipinski definition) is 3.